The summed E-state index contributed by atoms with van der Waals surface area (Å²) in [6.45, 7) is 4.57. The van der Waals surface area contributed by atoms with Crippen molar-refractivity contribution in [3.05, 3.63) is 65.9 Å². The fraction of sp³-hybridized carbons (Fsp3) is 0.222. The van der Waals surface area contributed by atoms with Crippen molar-refractivity contribution < 1.29 is 19.0 Å². The van der Waals surface area contributed by atoms with Crippen molar-refractivity contribution in [2.45, 2.75) is 19.9 Å². The summed E-state index contributed by atoms with van der Waals surface area (Å²) in [6.07, 6.45) is 1.50. The number of hydrogen-bond donors (Lipinski definition) is 2. The van der Waals surface area contributed by atoms with Crippen molar-refractivity contribution in [2.75, 3.05) is 30.5 Å². The van der Waals surface area contributed by atoms with Crippen molar-refractivity contribution >= 4 is 51.4 Å². The van der Waals surface area contributed by atoms with Gasteiger partial charge in [0.15, 0.2) is 17.3 Å². The number of ether oxygens (including phenoxy) is 3. The topological polar surface area (TPSA) is 97.8 Å². The van der Waals surface area contributed by atoms with Crippen molar-refractivity contribution in [3.63, 3.8) is 0 Å². The van der Waals surface area contributed by atoms with Crippen LogP contribution in [0.4, 0.5) is 27.7 Å². The van der Waals surface area contributed by atoms with Crippen molar-refractivity contribution in [2.24, 2.45) is 0 Å². The predicted octanol–water partition coefficient (Wildman–Crippen LogP) is 6.06. The van der Waals surface area contributed by atoms with Gasteiger partial charge in [0, 0.05) is 23.5 Å². The van der Waals surface area contributed by atoms with E-state index in [1.807, 2.05) is 61.2 Å². The van der Waals surface area contributed by atoms with Crippen LogP contribution in [0.5, 0.6) is 17.2 Å². The normalized spacial score (nSPS) is 12.4. The van der Waals surface area contributed by atoms with Gasteiger partial charge < -0.3 is 24.8 Å². The first-order chi connectivity index (χ1) is 18.0. The minimum absolute atomic E-state index is 0.00609. The van der Waals surface area contributed by atoms with E-state index in [1.54, 1.807) is 19.2 Å². The maximum absolute atomic E-state index is 12.2. The molecule has 4 aromatic rings. The predicted molar refractivity (Wildman–Crippen MR) is 144 cm³/mol. The number of carbonyl (C=O) groups is 1. The van der Waals surface area contributed by atoms with E-state index in [1.165, 1.54) is 6.33 Å². The van der Waals surface area contributed by atoms with Crippen LogP contribution >= 0.6 is 11.6 Å². The minimum Gasteiger partial charge on any atom is -0.493 e. The summed E-state index contributed by atoms with van der Waals surface area (Å²) in [6, 6.07) is 16.6. The van der Waals surface area contributed by atoms with Crippen LogP contribution in [0.3, 0.4) is 0 Å². The summed E-state index contributed by atoms with van der Waals surface area (Å²) in [4.78, 5) is 23.3. The second kappa shape index (κ2) is 10.4. The zero-order valence-corrected chi connectivity index (χ0v) is 21.4. The third kappa shape index (κ3) is 4.90. The number of amides is 2. The maximum atomic E-state index is 12.2. The number of aromatic nitrogens is 2. The molecule has 37 heavy (non-hydrogen) atoms. The van der Waals surface area contributed by atoms with Crippen LogP contribution in [-0.2, 0) is 0 Å². The molecule has 0 radical (unpaired) electrons. The Labute approximate surface area is 219 Å². The minimum atomic E-state index is -0.330. The van der Waals surface area contributed by atoms with Crippen LogP contribution in [-0.4, -0.2) is 42.4 Å². The number of urea groups is 1. The van der Waals surface area contributed by atoms with Gasteiger partial charge >= 0.3 is 6.03 Å². The molecule has 1 aliphatic heterocycles. The molecule has 1 aliphatic rings. The van der Waals surface area contributed by atoms with E-state index >= 15 is 0 Å². The quantitative estimate of drug-likeness (QED) is 0.319. The number of para-hydroxylation sites is 1. The van der Waals surface area contributed by atoms with Gasteiger partial charge in [0.2, 0.25) is 5.75 Å². The third-order valence-electron chi connectivity index (χ3n) is 5.68. The summed E-state index contributed by atoms with van der Waals surface area (Å²) >= 11 is 6.64. The van der Waals surface area contributed by atoms with E-state index < -0.39 is 0 Å². The summed E-state index contributed by atoms with van der Waals surface area (Å²) < 4.78 is 17.5. The highest BCUT2D eigenvalue weighted by Gasteiger charge is 2.27. The molecule has 1 aromatic heterocycles. The number of nitrogens with zero attached hydrogens (tertiary/aromatic N) is 3. The molecule has 0 aliphatic carbocycles. The first-order valence-corrected chi connectivity index (χ1v) is 12.2. The van der Waals surface area contributed by atoms with E-state index in [4.69, 9.17) is 25.8 Å². The molecule has 9 nitrogen and oxygen atoms in total. The highest BCUT2D eigenvalue weighted by Crippen LogP contribution is 2.49. The van der Waals surface area contributed by atoms with E-state index in [0.29, 0.717) is 57.9 Å². The first kappa shape index (κ1) is 24.5. The molecular formula is C27H26ClN5O4. The van der Waals surface area contributed by atoms with Gasteiger partial charge in [-0.1, -0.05) is 29.8 Å². The van der Waals surface area contributed by atoms with Crippen LogP contribution < -0.4 is 29.7 Å². The Morgan fingerprint density at radius 2 is 1.78 bits per heavy atom. The number of fused-ring (bicyclic) bond motifs is 3. The molecule has 2 amide bonds. The molecule has 5 rings (SSSR count). The second-order valence-electron chi connectivity index (χ2n) is 8.61. The third-order valence-corrected chi connectivity index (χ3v) is 6.00. The molecular weight excluding hydrogens is 494 g/mol. The zero-order valence-electron chi connectivity index (χ0n) is 20.6. The lowest BCUT2D eigenvalue weighted by atomic mass is 10.1. The van der Waals surface area contributed by atoms with E-state index in [9.17, 15) is 4.79 Å². The lowest BCUT2D eigenvalue weighted by Gasteiger charge is -2.28. The molecule has 0 fully saturated rings. The Hall–Kier alpha value is -4.24. The fourth-order valence-corrected chi connectivity index (χ4v) is 4.37. The lowest BCUT2D eigenvalue weighted by molar-refractivity contribution is 0.167. The lowest BCUT2D eigenvalue weighted by Crippen LogP contribution is -2.34. The molecule has 2 heterocycles. The van der Waals surface area contributed by atoms with Gasteiger partial charge in [0.25, 0.3) is 0 Å². The Bertz CT molecular complexity index is 1450. The monoisotopic (exact) mass is 519 g/mol. The number of halogens is 1. The Kier molecular flexibility index (Phi) is 6.87. The van der Waals surface area contributed by atoms with Gasteiger partial charge in [0.05, 0.1) is 28.7 Å². The van der Waals surface area contributed by atoms with Crippen LogP contribution in [0.25, 0.3) is 10.9 Å². The van der Waals surface area contributed by atoms with Gasteiger partial charge in [-0.15, -0.1) is 0 Å². The van der Waals surface area contributed by atoms with Crippen LogP contribution in [0.2, 0.25) is 5.02 Å². The van der Waals surface area contributed by atoms with Crippen molar-refractivity contribution in [1.82, 2.24) is 15.3 Å². The Morgan fingerprint density at radius 3 is 2.49 bits per heavy atom. The number of nitrogens with one attached hydrogen (secondary N) is 2. The van der Waals surface area contributed by atoms with Crippen molar-refractivity contribution in [1.29, 1.82) is 0 Å². The summed E-state index contributed by atoms with van der Waals surface area (Å²) in [5.74, 6) is 2.15. The number of hydrogen-bond acceptors (Lipinski definition) is 7. The molecule has 0 saturated carbocycles. The summed E-state index contributed by atoms with van der Waals surface area (Å²) in [5, 5.41) is 6.64. The van der Waals surface area contributed by atoms with Crippen LogP contribution in [0.1, 0.15) is 13.8 Å². The number of methoxy groups -OCH3 is 1. The smallest absolute Gasteiger partial charge is 0.319 e. The average Bonchev–Trinajstić information content (AvgIpc) is 2.90. The van der Waals surface area contributed by atoms with E-state index in [0.717, 1.165) is 11.4 Å². The van der Waals surface area contributed by atoms with Gasteiger partial charge in [-0.2, -0.15) is 0 Å². The average molecular weight is 520 g/mol. The van der Waals surface area contributed by atoms with Gasteiger partial charge in [-0.3, -0.25) is 4.90 Å². The molecule has 10 heteroatoms. The van der Waals surface area contributed by atoms with Crippen LogP contribution in [0.15, 0.2) is 60.9 Å². The molecule has 0 atom stereocenters. The standard InChI is InChI=1S/C27H26ClN5O4/c1-16(2)31-27(34)32-20-10-9-18(13-19(20)28)33(17-7-5-4-6-8-17)26-23-21(29-15-30-26)14-22(35-3)24-25(23)37-12-11-36-24/h4-10,13-16H,11-12H2,1-3H3,(H2,31,32,34). The van der Waals surface area contributed by atoms with Gasteiger partial charge in [-0.25, -0.2) is 14.8 Å². The fourth-order valence-electron chi connectivity index (χ4n) is 4.15. The number of rotatable bonds is 6. The van der Waals surface area contributed by atoms with Gasteiger partial charge in [0.1, 0.15) is 19.5 Å². The molecule has 2 N–H and O–H groups in total. The Morgan fingerprint density at radius 1 is 1.03 bits per heavy atom. The SMILES string of the molecule is COc1cc2ncnc(N(c3ccccc3)c3ccc(NC(=O)NC(C)C)c(Cl)c3)c2c2c1OCCO2. The summed E-state index contributed by atoms with van der Waals surface area (Å²) in [7, 11) is 1.58. The molecule has 190 valence electrons. The number of benzene rings is 3. The zero-order chi connectivity index (χ0) is 25.9. The Balaban J connectivity index is 1.67. The van der Waals surface area contributed by atoms with E-state index in [-0.39, 0.29) is 12.1 Å². The molecule has 0 saturated heterocycles. The first-order valence-electron chi connectivity index (χ1n) is 11.8. The highest BCUT2D eigenvalue weighted by molar-refractivity contribution is 6.34. The molecule has 0 unspecified atom stereocenters. The summed E-state index contributed by atoms with van der Waals surface area (Å²) in [5.41, 5.74) is 2.70. The second-order valence-corrected chi connectivity index (χ2v) is 9.02. The largest absolute Gasteiger partial charge is 0.493 e. The van der Waals surface area contributed by atoms with Crippen LogP contribution in [0, 0.1) is 0 Å². The van der Waals surface area contributed by atoms with Crippen molar-refractivity contribution in [3.8, 4) is 17.2 Å². The highest BCUT2D eigenvalue weighted by atomic mass is 35.5. The molecule has 0 bridgehead atoms. The number of anilines is 4. The molecule has 3 aromatic carbocycles. The molecule has 0 spiro atoms. The maximum Gasteiger partial charge on any atom is 0.319 e. The van der Waals surface area contributed by atoms with Gasteiger partial charge in [-0.05, 0) is 44.2 Å². The number of carbonyl (C=O) groups excluding carboxylic acids is 1. The van der Waals surface area contributed by atoms with E-state index in [2.05, 4.69) is 20.6 Å².